The van der Waals surface area contributed by atoms with E-state index in [9.17, 15) is 4.79 Å². The van der Waals surface area contributed by atoms with Gasteiger partial charge in [-0.3, -0.25) is 9.79 Å². The number of carbonyl (C=O) groups excluding carboxylic acids is 1. The predicted octanol–water partition coefficient (Wildman–Crippen LogP) is 0.465. The second-order valence-electron chi connectivity index (χ2n) is 4.91. The highest BCUT2D eigenvalue weighted by atomic mass is 16.5. The van der Waals surface area contributed by atoms with Gasteiger partial charge in [-0.1, -0.05) is 18.2 Å². The van der Waals surface area contributed by atoms with Crippen LogP contribution in [-0.2, 0) is 16.1 Å². The van der Waals surface area contributed by atoms with E-state index >= 15 is 0 Å². The molecular weight excluding hydrogens is 296 g/mol. The van der Waals surface area contributed by atoms with E-state index in [0.717, 1.165) is 11.3 Å². The van der Waals surface area contributed by atoms with Crippen LogP contribution < -0.4 is 15.4 Å². The molecule has 0 aromatic heterocycles. The van der Waals surface area contributed by atoms with Crippen LogP contribution in [0.5, 0.6) is 5.75 Å². The lowest BCUT2D eigenvalue weighted by Gasteiger charge is -2.23. The number of nitrogens with zero attached hydrogens (tertiary/aromatic N) is 2. The first-order chi connectivity index (χ1) is 11.1. The van der Waals surface area contributed by atoms with Crippen molar-refractivity contribution in [1.82, 2.24) is 15.5 Å². The standard InChI is InChI=1S/C16H26N4O3/c1-17-16(19-11-15(21)18-9-10-22-3)20(2)12-13-7-5-6-8-14(13)23-4/h5-8H,9-12H2,1-4H3,(H,17,19)(H,18,21). The van der Waals surface area contributed by atoms with E-state index in [2.05, 4.69) is 15.6 Å². The van der Waals surface area contributed by atoms with Crippen molar-refractivity contribution < 1.29 is 14.3 Å². The summed E-state index contributed by atoms with van der Waals surface area (Å²) in [7, 11) is 6.84. The summed E-state index contributed by atoms with van der Waals surface area (Å²) in [6.45, 7) is 1.77. The average Bonchev–Trinajstić information content (AvgIpc) is 2.56. The summed E-state index contributed by atoms with van der Waals surface area (Å²) >= 11 is 0. The third kappa shape index (κ3) is 6.56. The Kier molecular flexibility index (Phi) is 8.52. The molecule has 2 N–H and O–H groups in total. The molecule has 0 heterocycles. The molecule has 0 saturated carbocycles. The maximum Gasteiger partial charge on any atom is 0.239 e. The van der Waals surface area contributed by atoms with Crippen LogP contribution in [0.3, 0.4) is 0 Å². The van der Waals surface area contributed by atoms with Crippen molar-refractivity contribution in [1.29, 1.82) is 0 Å². The molecule has 0 fully saturated rings. The van der Waals surface area contributed by atoms with Crippen LogP contribution in [0.4, 0.5) is 0 Å². The summed E-state index contributed by atoms with van der Waals surface area (Å²) in [5, 5.41) is 5.79. The topological polar surface area (TPSA) is 75.2 Å². The number of nitrogens with one attached hydrogen (secondary N) is 2. The molecule has 0 radical (unpaired) electrons. The second-order valence-corrected chi connectivity index (χ2v) is 4.91. The van der Waals surface area contributed by atoms with Crippen LogP contribution in [0.2, 0.25) is 0 Å². The number of hydrogen-bond donors (Lipinski definition) is 2. The summed E-state index contributed by atoms with van der Waals surface area (Å²) in [6.07, 6.45) is 0. The molecule has 0 aliphatic rings. The van der Waals surface area contributed by atoms with Gasteiger partial charge in [0.05, 0.1) is 20.3 Å². The van der Waals surface area contributed by atoms with E-state index in [0.29, 0.717) is 25.7 Å². The Bertz CT molecular complexity index is 520. The Balaban J connectivity index is 2.52. The molecule has 7 heteroatoms. The molecule has 1 aromatic rings. The molecular formula is C16H26N4O3. The van der Waals surface area contributed by atoms with Crippen molar-refractivity contribution in [2.75, 3.05) is 48.0 Å². The third-order valence-electron chi connectivity index (χ3n) is 3.21. The van der Waals surface area contributed by atoms with Gasteiger partial charge in [0.15, 0.2) is 5.96 Å². The van der Waals surface area contributed by atoms with Crippen LogP contribution in [0.15, 0.2) is 29.3 Å². The summed E-state index contributed by atoms with van der Waals surface area (Å²) < 4.78 is 10.2. The fourth-order valence-corrected chi connectivity index (χ4v) is 2.06. The first-order valence-electron chi connectivity index (χ1n) is 7.41. The largest absolute Gasteiger partial charge is 0.496 e. The van der Waals surface area contributed by atoms with Gasteiger partial charge in [0.2, 0.25) is 5.91 Å². The molecule has 0 saturated heterocycles. The molecule has 0 unspecified atom stereocenters. The SMILES string of the molecule is CN=C(NCC(=O)NCCOC)N(C)Cc1ccccc1OC. The number of amides is 1. The van der Waals surface area contributed by atoms with E-state index in [1.165, 1.54) is 0 Å². The number of methoxy groups -OCH3 is 2. The van der Waals surface area contributed by atoms with Crippen LogP contribution in [0.1, 0.15) is 5.56 Å². The lowest BCUT2D eigenvalue weighted by atomic mass is 10.2. The zero-order valence-electron chi connectivity index (χ0n) is 14.3. The van der Waals surface area contributed by atoms with Crippen LogP contribution >= 0.6 is 0 Å². The Hall–Kier alpha value is -2.28. The lowest BCUT2D eigenvalue weighted by Crippen LogP contribution is -2.44. The molecule has 1 rings (SSSR count). The lowest BCUT2D eigenvalue weighted by molar-refractivity contribution is -0.120. The van der Waals surface area contributed by atoms with Crippen LogP contribution in [0.25, 0.3) is 0 Å². The number of ether oxygens (including phenoxy) is 2. The molecule has 1 amide bonds. The highest BCUT2D eigenvalue weighted by Gasteiger charge is 2.11. The highest BCUT2D eigenvalue weighted by Crippen LogP contribution is 2.18. The van der Waals surface area contributed by atoms with Gasteiger partial charge in [-0.15, -0.1) is 0 Å². The zero-order chi connectivity index (χ0) is 17.1. The smallest absolute Gasteiger partial charge is 0.239 e. The Labute approximate surface area is 137 Å². The van der Waals surface area contributed by atoms with E-state index in [1.54, 1.807) is 21.3 Å². The van der Waals surface area contributed by atoms with Gasteiger partial charge in [-0.25, -0.2) is 0 Å². The van der Waals surface area contributed by atoms with Gasteiger partial charge in [0, 0.05) is 39.9 Å². The minimum atomic E-state index is -0.103. The first kappa shape index (κ1) is 18.8. The normalized spacial score (nSPS) is 11.0. The molecule has 0 bridgehead atoms. The fraction of sp³-hybridized carbons (Fsp3) is 0.500. The van der Waals surface area contributed by atoms with E-state index in [-0.39, 0.29) is 12.5 Å². The molecule has 7 nitrogen and oxygen atoms in total. The maximum absolute atomic E-state index is 11.7. The monoisotopic (exact) mass is 322 g/mol. The van der Waals surface area contributed by atoms with Gasteiger partial charge in [-0.05, 0) is 6.07 Å². The maximum atomic E-state index is 11.7. The van der Waals surface area contributed by atoms with E-state index in [1.807, 2.05) is 36.2 Å². The number of para-hydroxylation sites is 1. The molecule has 0 aliphatic heterocycles. The van der Waals surface area contributed by atoms with Crippen molar-refractivity contribution in [3.8, 4) is 5.75 Å². The number of aliphatic imine (C=N–C) groups is 1. The summed E-state index contributed by atoms with van der Waals surface area (Å²) in [4.78, 5) is 17.8. The number of guanidine groups is 1. The number of benzene rings is 1. The van der Waals surface area contributed by atoms with E-state index < -0.39 is 0 Å². The van der Waals surface area contributed by atoms with Gasteiger partial charge in [0.1, 0.15) is 5.75 Å². The summed E-state index contributed by atoms with van der Waals surface area (Å²) in [5.41, 5.74) is 1.05. The molecule has 128 valence electrons. The fourth-order valence-electron chi connectivity index (χ4n) is 2.06. The Morgan fingerprint density at radius 1 is 1.26 bits per heavy atom. The van der Waals surface area contributed by atoms with Gasteiger partial charge in [-0.2, -0.15) is 0 Å². The number of carbonyl (C=O) groups is 1. The van der Waals surface area contributed by atoms with Crippen molar-refractivity contribution in [2.45, 2.75) is 6.54 Å². The minimum absolute atomic E-state index is 0.103. The second kappa shape index (κ2) is 10.4. The van der Waals surface area contributed by atoms with Gasteiger partial charge in [0.25, 0.3) is 0 Å². The van der Waals surface area contributed by atoms with Crippen molar-refractivity contribution in [2.24, 2.45) is 4.99 Å². The first-order valence-corrected chi connectivity index (χ1v) is 7.41. The Morgan fingerprint density at radius 3 is 2.65 bits per heavy atom. The van der Waals surface area contributed by atoms with Crippen molar-refractivity contribution in [3.63, 3.8) is 0 Å². The molecule has 0 spiro atoms. The van der Waals surface area contributed by atoms with E-state index in [4.69, 9.17) is 9.47 Å². The number of rotatable bonds is 8. The average molecular weight is 322 g/mol. The van der Waals surface area contributed by atoms with Crippen molar-refractivity contribution >= 4 is 11.9 Å². The molecule has 23 heavy (non-hydrogen) atoms. The third-order valence-corrected chi connectivity index (χ3v) is 3.21. The predicted molar refractivity (Wildman–Crippen MR) is 90.7 cm³/mol. The van der Waals surface area contributed by atoms with Crippen LogP contribution in [-0.4, -0.2) is 64.8 Å². The molecule has 0 aliphatic carbocycles. The minimum Gasteiger partial charge on any atom is -0.496 e. The van der Waals surface area contributed by atoms with Gasteiger partial charge < -0.3 is 25.0 Å². The quantitative estimate of drug-likeness (QED) is 0.413. The Morgan fingerprint density at radius 2 is 2.00 bits per heavy atom. The number of hydrogen-bond acceptors (Lipinski definition) is 4. The van der Waals surface area contributed by atoms with Crippen LogP contribution in [0, 0.1) is 0 Å². The summed E-state index contributed by atoms with van der Waals surface area (Å²) in [6, 6.07) is 7.81. The molecule has 0 atom stereocenters. The van der Waals surface area contributed by atoms with Gasteiger partial charge >= 0.3 is 0 Å². The highest BCUT2D eigenvalue weighted by molar-refractivity contribution is 5.86. The molecule has 1 aromatic carbocycles. The zero-order valence-corrected chi connectivity index (χ0v) is 14.3. The van der Waals surface area contributed by atoms with Crippen molar-refractivity contribution in [3.05, 3.63) is 29.8 Å². The summed E-state index contributed by atoms with van der Waals surface area (Å²) in [5.74, 6) is 1.36.